The maximum Gasteiger partial charge on any atom is 0.106 e. The Labute approximate surface area is 126 Å². The van der Waals surface area contributed by atoms with Crippen molar-refractivity contribution in [2.75, 3.05) is 0 Å². The standard InChI is InChI=1S/C17H14BrNO/c1-11-6-7-19-10-16(11)17(20)14-3-2-13-9-15(18)5-4-12(13)8-14/h2-10,17,20H,1H3. The van der Waals surface area contributed by atoms with Crippen LogP contribution in [-0.4, -0.2) is 10.1 Å². The molecule has 2 aromatic carbocycles. The zero-order chi connectivity index (χ0) is 14.1. The molecule has 1 unspecified atom stereocenters. The van der Waals surface area contributed by atoms with Gasteiger partial charge in [-0.05, 0) is 53.1 Å². The predicted molar refractivity (Wildman–Crippen MR) is 84.7 cm³/mol. The summed E-state index contributed by atoms with van der Waals surface area (Å²) in [5, 5.41) is 12.8. The Morgan fingerprint density at radius 3 is 2.60 bits per heavy atom. The van der Waals surface area contributed by atoms with Gasteiger partial charge in [-0.15, -0.1) is 0 Å². The van der Waals surface area contributed by atoms with Crippen molar-refractivity contribution in [3.05, 3.63) is 76.0 Å². The van der Waals surface area contributed by atoms with Gasteiger partial charge in [-0.2, -0.15) is 0 Å². The summed E-state index contributed by atoms with van der Waals surface area (Å²) in [7, 11) is 0. The SMILES string of the molecule is Cc1ccncc1C(O)c1ccc2cc(Br)ccc2c1. The quantitative estimate of drug-likeness (QED) is 0.757. The summed E-state index contributed by atoms with van der Waals surface area (Å²) >= 11 is 3.47. The maximum atomic E-state index is 10.5. The van der Waals surface area contributed by atoms with Gasteiger partial charge in [0.1, 0.15) is 6.10 Å². The number of hydrogen-bond donors (Lipinski definition) is 1. The fraction of sp³-hybridized carbons (Fsp3) is 0.118. The van der Waals surface area contributed by atoms with E-state index in [-0.39, 0.29) is 0 Å². The van der Waals surface area contributed by atoms with Crippen molar-refractivity contribution >= 4 is 26.7 Å². The summed E-state index contributed by atoms with van der Waals surface area (Å²) in [6.07, 6.45) is 2.83. The van der Waals surface area contributed by atoms with Crippen LogP contribution in [0.25, 0.3) is 10.8 Å². The highest BCUT2D eigenvalue weighted by Gasteiger charge is 2.13. The number of aromatic nitrogens is 1. The molecule has 0 spiro atoms. The third-order valence-electron chi connectivity index (χ3n) is 3.52. The van der Waals surface area contributed by atoms with Crippen molar-refractivity contribution in [1.82, 2.24) is 4.98 Å². The van der Waals surface area contributed by atoms with E-state index in [0.717, 1.165) is 31.9 Å². The number of hydrogen-bond acceptors (Lipinski definition) is 2. The lowest BCUT2D eigenvalue weighted by molar-refractivity contribution is 0.219. The first-order chi connectivity index (χ1) is 9.65. The van der Waals surface area contributed by atoms with Gasteiger partial charge in [-0.1, -0.05) is 34.1 Å². The lowest BCUT2D eigenvalue weighted by Crippen LogP contribution is -2.02. The van der Waals surface area contributed by atoms with Crippen LogP contribution < -0.4 is 0 Å². The molecule has 1 heterocycles. The molecule has 0 aliphatic heterocycles. The van der Waals surface area contributed by atoms with Crippen molar-refractivity contribution in [2.24, 2.45) is 0 Å². The molecule has 1 aromatic heterocycles. The Morgan fingerprint density at radius 2 is 1.80 bits per heavy atom. The molecule has 0 fully saturated rings. The third kappa shape index (κ3) is 2.47. The van der Waals surface area contributed by atoms with E-state index < -0.39 is 6.10 Å². The molecule has 1 atom stereocenters. The number of aliphatic hydroxyl groups excluding tert-OH is 1. The van der Waals surface area contributed by atoms with Gasteiger partial charge in [0.25, 0.3) is 0 Å². The summed E-state index contributed by atoms with van der Waals surface area (Å²) in [6.45, 7) is 1.98. The first-order valence-electron chi connectivity index (χ1n) is 6.43. The van der Waals surface area contributed by atoms with Gasteiger partial charge in [0.15, 0.2) is 0 Å². The van der Waals surface area contributed by atoms with E-state index in [1.54, 1.807) is 12.4 Å². The minimum atomic E-state index is -0.642. The lowest BCUT2D eigenvalue weighted by Gasteiger charge is -2.14. The third-order valence-corrected chi connectivity index (χ3v) is 4.01. The predicted octanol–water partition coefficient (Wildman–Crippen LogP) is 4.39. The van der Waals surface area contributed by atoms with E-state index >= 15 is 0 Å². The van der Waals surface area contributed by atoms with Gasteiger partial charge < -0.3 is 5.11 Å². The zero-order valence-corrected chi connectivity index (χ0v) is 12.6. The van der Waals surface area contributed by atoms with Crippen molar-refractivity contribution in [3.63, 3.8) is 0 Å². The second-order valence-corrected chi connectivity index (χ2v) is 5.80. The molecule has 0 bridgehead atoms. The molecule has 100 valence electrons. The van der Waals surface area contributed by atoms with Crippen LogP contribution >= 0.6 is 15.9 Å². The molecule has 0 saturated carbocycles. The molecule has 0 radical (unpaired) electrons. The Morgan fingerprint density at radius 1 is 1.05 bits per heavy atom. The van der Waals surface area contributed by atoms with Crippen LogP contribution in [0, 0.1) is 6.92 Å². The first kappa shape index (κ1) is 13.3. The summed E-state index contributed by atoms with van der Waals surface area (Å²) < 4.78 is 1.06. The first-order valence-corrected chi connectivity index (χ1v) is 7.22. The van der Waals surface area contributed by atoms with E-state index in [2.05, 4.69) is 27.0 Å². The van der Waals surface area contributed by atoms with Crippen LogP contribution in [0.3, 0.4) is 0 Å². The molecule has 3 rings (SSSR count). The molecule has 0 amide bonds. The summed E-state index contributed by atoms with van der Waals surface area (Å²) in [6, 6.07) is 14.1. The van der Waals surface area contributed by atoms with Crippen LogP contribution in [0.1, 0.15) is 22.8 Å². The summed E-state index contributed by atoms with van der Waals surface area (Å²) in [5.41, 5.74) is 2.78. The highest BCUT2D eigenvalue weighted by molar-refractivity contribution is 9.10. The van der Waals surface area contributed by atoms with E-state index in [4.69, 9.17) is 0 Å². The minimum Gasteiger partial charge on any atom is -0.384 e. The van der Waals surface area contributed by atoms with E-state index in [9.17, 15) is 5.11 Å². The van der Waals surface area contributed by atoms with Crippen molar-refractivity contribution in [2.45, 2.75) is 13.0 Å². The van der Waals surface area contributed by atoms with Gasteiger partial charge in [0.05, 0.1) is 0 Å². The summed E-state index contributed by atoms with van der Waals surface area (Å²) in [5.74, 6) is 0. The van der Waals surface area contributed by atoms with E-state index in [0.29, 0.717) is 0 Å². The highest BCUT2D eigenvalue weighted by Crippen LogP contribution is 2.28. The van der Waals surface area contributed by atoms with Crippen molar-refractivity contribution < 1.29 is 5.11 Å². The number of nitrogens with zero attached hydrogens (tertiary/aromatic N) is 1. The molecule has 3 heteroatoms. The molecule has 20 heavy (non-hydrogen) atoms. The smallest absolute Gasteiger partial charge is 0.106 e. The number of rotatable bonds is 2. The molecule has 3 aromatic rings. The number of pyridine rings is 1. The normalized spacial score (nSPS) is 12.6. The topological polar surface area (TPSA) is 33.1 Å². The summed E-state index contributed by atoms with van der Waals surface area (Å²) in [4.78, 5) is 4.10. The molecule has 1 N–H and O–H groups in total. The van der Waals surface area contributed by atoms with Crippen LogP contribution in [-0.2, 0) is 0 Å². The Hall–Kier alpha value is -1.71. The van der Waals surface area contributed by atoms with Crippen LogP contribution in [0.4, 0.5) is 0 Å². The van der Waals surface area contributed by atoms with Gasteiger partial charge >= 0.3 is 0 Å². The monoisotopic (exact) mass is 327 g/mol. The van der Waals surface area contributed by atoms with Crippen molar-refractivity contribution in [3.8, 4) is 0 Å². The lowest BCUT2D eigenvalue weighted by atomic mass is 9.97. The van der Waals surface area contributed by atoms with E-state index in [1.165, 1.54) is 0 Å². The zero-order valence-electron chi connectivity index (χ0n) is 11.0. The fourth-order valence-corrected chi connectivity index (χ4v) is 2.73. The minimum absolute atomic E-state index is 0.642. The molecule has 2 nitrogen and oxygen atoms in total. The van der Waals surface area contributed by atoms with Crippen LogP contribution in [0.2, 0.25) is 0 Å². The molecule has 0 saturated heterocycles. The second kappa shape index (κ2) is 5.35. The number of aryl methyl sites for hydroxylation is 1. The van der Waals surface area contributed by atoms with Gasteiger partial charge in [-0.3, -0.25) is 4.98 Å². The van der Waals surface area contributed by atoms with E-state index in [1.807, 2.05) is 43.3 Å². The average Bonchev–Trinajstić information content (AvgIpc) is 2.46. The number of benzene rings is 2. The average molecular weight is 328 g/mol. The van der Waals surface area contributed by atoms with Crippen molar-refractivity contribution in [1.29, 1.82) is 0 Å². The molecular weight excluding hydrogens is 314 g/mol. The highest BCUT2D eigenvalue weighted by atomic mass is 79.9. The largest absolute Gasteiger partial charge is 0.384 e. The number of fused-ring (bicyclic) bond motifs is 1. The molecule has 0 aliphatic rings. The van der Waals surface area contributed by atoms with Crippen LogP contribution in [0.15, 0.2) is 59.3 Å². The van der Waals surface area contributed by atoms with Gasteiger partial charge in [-0.25, -0.2) is 0 Å². The Kier molecular flexibility index (Phi) is 3.55. The van der Waals surface area contributed by atoms with Crippen LogP contribution in [0.5, 0.6) is 0 Å². The Bertz CT molecular complexity index is 770. The number of halogens is 1. The van der Waals surface area contributed by atoms with Gasteiger partial charge in [0.2, 0.25) is 0 Å². The van der Waals surface area contributed by atoms with Gasteiger partial charge in [0, 0.05) is 22.4 Å². The second-order valence-electron chi connectivity index (χ2n) is 4.89. The fourth-order valence-electron chi connectivity index (χ4n) is 2.35. The maximum absolute atomic E-state index is 10.5. The Balaban J connectivity index is 2.06. The molecular formula is C17H14BrNO. The molecule has 0 aliphatic carbocycles. The number of aliphatic hydroxyl groups is 1.